The summed E-state index contributed by atoms with van der Waals surface area (Å²) in [5, 5.41) is 13.7. The lowest BCUT2D eigenvalue weighted by Gasteiger charge is -2.06. The van der Waals surface area contributed by atoms with Crippen molar-refractivity contribution in [2.45, 2.75) is 0 Å². The Labute approximate surface area is 166 Å². The quantitative estimate of drug-likeness (QED) is 0.221. The molecule has 0 aromatic heterocycles. The van der Waals surface area contributed by atoms with Crippen LogP contribution in [0.25, 0.3) is 6.08 Å². The molecule has 0 atom stereocenters. The van der Waals surface area contributed by atoms with Gasteiger partial charge in [0.15, 0.2) is 0 Å². The Hall–Kier alpha value is -4.26. The van der Waals surface area contributed by atoms with Crippen LogP contribution in [0, 0.1) is 10.1 Å². The lowest BCUT2D eigenvalue weighted by atomic mass is 10.1. The maximum atomic E-state index is 12.1. The van der Waals surface area contributed by atoms with E-state index >= 15 is 0 Å². The van der Waals surface area contributed by atoms with Crippen LogP contribution in [0.2, 0.25) is 0 Å². The van der Waals surface area contributed by atoms with Gasteiger partial charge in [0.2, 0.25) is 0 Å². The molecule has 0 radical (unpaired) electrons. The van der Waals surface area contributed by atoms with E-state index in [9.17, 15) is 19.7 Å². The molecule has 3 aromatic rings. The predicted octanol–water partition coefficient (Wildman–Crippen LogP) is 4.47. The minimum absolute atomic E-state index is 0.102. The molecular weight excluding hydrogens is 372 g/mol. The third kappa shape index (κ3) is 5.36. The summed E-state index contributed by atoms with van der Waals surface area (Å²) in [5.74, 6) is -0.646. The van der Waals surface area contributed by atoms with Crippen molar-refractivity contribution < 1.29 is 19.2 Å². The number of nitro groups is 1. The van der Waals surface area contributed by atoms with Gasteiger partial charge in [0.1, 0.15) is 5.75 Å². The van der Waals surface area contributed by atoms with E-state index in [4.69, 9.17) is 4.74 Å². The average Bonchev–Trinajstić information content (AvgIpc) is 2.74. The van der Waals surface area contributed by atoms with Crippen LogP contribution < -0.4 is 10.1 Å². The van der Waals surface area contributed by atoms with Crippen LogP contribution in [0.1, 0.15) is 15.9 Å². The van der Waals surface area contributed by atoms with E-state index in [1.54, 1.807) is 48.5 Å². The first kappa shape index (κ1) is 19.5. The van der Waals surface area contributed by atoms with Gasteiger partial charge < -0.3 is 10.1 Å². The van der Waals surface area contributed by atoms with Crippen molar-refractivity contribution in [3.63, 3.8) is 0 Å². The summed E-state index contributed by atoms with van der Waals surface area (Å²) in [5.41, 5.74) is 1.28. The number of anilines is 1. The first-order valence-electron chi connectivity index (χ1n) is 8.63. The van der Waals surface area contributed by atoms with Gasteiger partial charge in [-0.05, 0) is 48.5 Å². The number of amides is 1. The first-order valence-corrected chi connectivity index (χ1v) is 8.63. The lowest BCUT2D eigenvalue weighted by Crippen LogP contribution is -2.11. The number of rotatable bonds is 6. The fourth-order valence-corrected chi connectivity index (χ4v) is 2.50. The van der Waals surface area contributed by atoms with E-state index in [-0.39, 0.29) is 17.3 Å². The molecule has 7 heteroatoms. The van der Waals surface area contributed by atoms with Gasteiger partial charge in [-0.1, -0.05) is 30.3 Å². The molecule has 3 aromatic carbocycles. The summed E-state index contributed by atoms with van der Waals surface area (Å²) >= 11 is 0. The summed E-state index contributed by atoms with van der Waals surface area (Å²) < 4.78 is 5.17. The molecule has 0 saturated carbocycles. The van der Waals surface area contributed by atoms with Gasteiger partial charge in [0, 0.05) is 23.4 Å². The van der Waals surface area contributed by atoms with Crippen molar-refractivity contribution >= 4 is 29.3 Å². The van der Waals surface area contributed by atoms with Crippen LogP contribution in [0.3, 0.4) is 0 Å². The summed E-state index contributed by atoms with van der Waals surface area (Å²) in [7, 11) is 0. The summed E-state index contributed by atoms with van der Waals surface area (Å²) in [6, 6.07) is 21.1. The van der Waals surface area contributed by atoms with Gasteiger partial charge in [0.25, 0.3) is 11.6 Å². The average molecular weight is 388 g/mol. The number of ether oxygens (including phenoxy) is 1. The Kier molecular flexibility index (Phi) is 6.12. The normalized spacial score (nSPS) is 10.5. The highest BCUT2D eigenvalue weighted by atomic mass is 16.6. The molecule has 1 amide bonds. The standard InChI is InChI=1S/C22H16N2O5/c25-21(15-10-16-6-4-5-9-20(16)24(27)28)29-19-13-11-18(12-14-19)23-22(26)17-7-2-1-3-8-17/h1-15H,(H,23,26)/b15-10+. The highest BCUT2D eigenvalue weighted by Gasteiger charge is 2.10. The molecule has 144 valence electrons. The fourth-order valence-electron chi connectivity index (χ4n) is 2.50. The highest BCUT2D eigenvalue weighted by molar-refractivity contribution is 6.04. The van der Waals surface area contributed by atoms with Crippen molar-refractivity contribution in [1.82, 2.24) is 0 Å². The van der Waals surface area contributed by atoms with Crippen LogP contribution in [0.4, 0.5) is 11.4 Å². The molecule has 0 aliphatic rings. The molecule has 0 aliphatic heterocycles. The van der Waals surface area contributed by atoms with Crippen molar-refractivity contribution in [3.05, 3.63) is 106 Å². The number of carbonyl (C=O) groups excluding carboxylic acids is 2. The molecule has 0 bridgehead atoms. The third-order valence-electron chi connectivity index (χ3n) is 3.90. The zero-order valence-corrected chi connectivity index (χ0v) is 15.1. The van der Waals surface area contributed by atoms with E-state index in [1.807, 2.05) is 6.07 Å². The van der Waals surface area contributed by atoms with Gasteiger partial charge in [-0.25, -0.2) is 4.79 Å². The molecule has 0 saturated heterocycles. The minimum atomic E-state index is -0.677. The smallest absolute Gasteiger partial charge is 0.336 e. The number of hydrogen-bond acceptors (Lipinski definition) is 5. The van der Waals surface area contributed by atoms with Gasteiger partial charge in [-0.3, -0.25) is 14.9 Å². The number of para-hydroxylation sites is 1. The molecule has 0 unspecified atom stereocenters. The molecule has 29 heavy (non-hydrogen) atoms. The molecule has 1 N–H and O–H groups in total. The van der Waals surface area contributed by atoms with Crippen molar-refractivity contribution in [3.8, 4) is 5.75 Å². The van der Waals surface area contributed by atoms with Gasteiger partial charge in [-0.15, -0.1) is 0 Å². The molecule has 7 nitrogen and oxygen atoms in total. The van der Waals surface area contributed by atoms with Crippen molar-refractivity contribution in [2.24, 2.45) is 0 Å². The third-order valence-corrected chi connectivity index (χ3v) is 3.90. The number of nitrogens with one attached hydrogen (secondary N) is 1. The molecule has 0 heterocycles. The number of benzene rings is 3. The Morgan fingerprint density at radius 3 is 2.24 bits per heavy atom. The number of nitrogens with zero attached hydrogens (tertiary/aromatic N) is 1. The van der Waals surface area contributed by atoms with Gasteiger partial charge >= 0.3 is 5.97 Å². The molecule has 0 fully saturated rings. The van der Waals surface area contributed by atoms with E-state index in [1.165, 1.54) is 30.3 Å². The minimum Gasteiger partial charge on any atom is -0.423 e. The lowest BCUT2D eigenvalue weighted by molar-refractivity contribution is -0.385. The van der Waals surface area contributed by atoms with Gasteiger partial charge in [-0.2, -0.15) is 0 Å². The van der Waals surface area contributed by atoms with E-state index in [2.05, 4.69) is 5.32 Å². The topological polar surface area (TPSA) is 98.5 Å². The van der Waals surface area contributed by atoms with Crippen LogP contribution in [0.15, 0.2) is 84.9 Å². The highest BCUT2D eigenvalue weighted by Crippen LogP contribution is 2.20. The summed E-state index contributed by atoms with van der Waals surface area (Å²) in [6.07, 6.45) is 2.45. The van der Waals surface area contributed by atoms with Crippen LogP contribution >= 0.6 is 0 Å². The van der Waals surface area contributed by atoms with E-state index in [0.29, 0.717) is 16.8 Å². The zero-order valence-electron chi connectivity index (χ0n) is 15.1. The second-order valence-electron chi connectivity index (χ2n) is 5.91. The Morgan fingerprint density at radius 2 is 1.55 bits per heavy atom. The predicted molar refractivity (Wildman–Crippen MR) is 109 cm³/mol. The Balaban J connectivity index is 1.60. The summed E-state index contributed by atoms with van der Waals surface area (Å²) in [6.45, 7) is 0. The maximum Gasteiger partial charge on any atom is 0.336 e. The van der Waals surface area contributed by atoms with Crippen molar-refractivity contribution in [2.75, 3.05) is 5.32 Å². The first-order chi connectivity index (χ1) is 14.0. The maximum absolute atomic E-state index is 12.1. The number of carbonyl (C=O) groups is 2. The molecule has 3 rings (SSSR count). The second kappa shape index (κ2) is 9.09. The fraction of sp³-hybridized carbons (Fsp3) is 0. The largest absolute Gasteiger partial charge is 0.423 e. The molecule has 0 spiro atoms. The molecular formula is C22H16N2O5. The monoisotopic (exact) mass is 388 g/mol. The Morgan fingerprint density at radius 1 is 0.897 bits per heavy atom. The number of nitro benzene ring substituents is 1. The van der Waals surface area contributed by atoms with Crippen molar-refractivity contribution in [1.29, 1.82) is 0 Å². The zero-order chi connectivity index (χ0) is 20.6. The SMILES string of the molecule is O=C(/C=C/c1ccccc1[N+](=O)[O-])Oc1ccc(NC(=O)c2ccccc2)cc1. The van der Waals surface area contributed by atoms with Gasteiger partial charge in [0.05, 0.1) is 10.5 Å². The van der Waals surface area contributed by atoms with Crippen LogP contribution in [-0.2, 0) is 4.79 Å². The number of hydrogen-bond donors (Lipinski definition) is 1. The molecule has 0 aliphatic carbocycles. The summed E-state index contributed by atoms with van der Waals surface area (Å²) in [4.78, 5) is 34.5. The van der Waals surface area contributed by atoms with E-state index in [0.717, 1.165) is 6.08 Å². The second-order valence-corrected chi connectivity index (χ2v) is 5.91. The van der Waals surface area contributed by atoms with E-state index < -0.39 is 10.9 Å². The Bertz CT molecular complexity index is 1060. The van der Waals surface area contributed by atoms with Crippen LogP contribution in [-0.4, -0.2) is 16.8 Å². The number of esters is 1. The van der Waals surface area contributed by atoms with Crippen LogP contribution in [0.5, 0.6) is 5.75 Å².